The highest BCUT2D eigenvalue weighted by atomic mass is 15.2. The van der Waals surface area contributed by atoms with Crippen LogP contribution in [0.3, 0.4) is 0 Å². The molecule has 1 aliphatic heterocycles. The van der Waals surface area contributed by atoms with E-state index in [1.807, 2.05) is 0 Å². The molecule has 1 aliphatic carbocycles. The number of likely N-dealkylation sites (N-methyl/N-ethyl adjacent to an activating group) is 1. The summed E-state index contributed by atoms with van der Waals surface area (Å²) in [7, 11) is 0. The highest BCUT2D eigenvalue weighted by molar-refractivity contribution is 4.90. The monoisotopic (exact) mass is 196 g/mol. The number of rotatable bonds is 5. The summed E-state index contributed by atoms with van der Waals surface area (Å²) < 4.78 is 0. The van der Waals surface area contributed by atoms with Crippen molar-refractivity contribution in [1.82, 2.24) is 10.2 Å². The van der Waals surface area contributed by atoms with Crippen molar-refractivity contribution < 1.29 is 0 Å². The van der Waals surface area contributed by atoms with Gasteiger partial charge in [0, 0.05) is 18.6 Å². The maximum absolute atomic E-state index is 3.65. The van der Waals surface area contributed by atoms with Crippen molar-refractivity contribution in [1.29, 1.82) is 0 Å². The van der Waals surface area contributed by atoms with Crippen molar-refractivity contribution >= 4 is 0 Å². The zero-order chi connectivity index (χ0) is 9.97. The maximum Gasteiger partial charge on any atom is 0.0223 e. The highest BCUT2D eigenvalue weighted by Gasteiger charge is 2.33. The van der Waals surface area contributed by atoms with Crippen LogP contribution < -0.4 is 5.32 Å². The molecule has 2 rings (SSSR count). The Hall–Kier alpha value is -0.0800. The average molecular weight is 196 g/mol. The van der Waals surface area contributed by atoms with Gasteiger partial charge < -0.3 is 5.32 Å². The zero-order valence-electron chi connectivity index (χ0n) is 9.63. The standard InChI is InChI=1S/C12H24N2/c1-3-13-12(11-6-7-11)9-14-8-4-5-10(14)2/h10-13H,3-9H2,1-2H3. The smallest absolute Gasteiger partial charge is 0.0223 e. The van der Waals surface area contributed by atoms with Crippen molar-refractivity contribution in [2.75, 3.05) is 19.6 Å². The molecule has 14 heavy (non-hydrogen) atoms. The minimum Gasteiger partial charge on any atom is -0.313 e. The van der Waals surface area contributed by atoms with Crippen molar-refractivity contribution in [3.63, 3.8) is 0 Å². The van der Waals surface area contributed by atoms with Crippen LogP contribution in [0.1, 0.15) is 39.5 Å². The Kier molecular flexibility index (Phi) is 3.45. The van der Waals surface area contributed by atoms with Crippen LogP contribution in [0.2, 0.25) is 0 Å². The largest absolute Gasteiger partial charge is 0.313 e. The number of nitrogens with zero attached hydrogens (tertiary/aromatic N) is 1. The molecule has 0 aromatic rings. The summed E-state index contributed by atoms with van der Waals surface area (Å²) in [4.78, 5) is 2.67. The van der Waals surface area contributed by atoms with Gasteiger partial charge in [0.15, 0.2) is 0 Å². The summed E-state index contributed by atoms with van der Waals surface area (Å²) in [5.74, 6) is 0.989. The van der Waals surface area contributed by atoms with Gasteiger partial charge in [0.2, 0.25) is 0 Å². The summed E-state index contributed by atoms with van der Waals surface area (Å²) >= 11 is 0. The Morgan fingerprint density at radius 3 is 2.64 bits per heavy atom. The van der Waals surface area contributed by atoms with Gasteiger partial charge >= 0.3 is 0 Å². The molecule has 0 aromatic carbocycles. The molecule has 2 unspecified atom stereocenters. The molecule has 1 saturated carbocycles. The average Bonchev–Trinajstić information content (AvgIpc) is 2.93. The van der Waals surface area contributed by atoms with Gasteiger partial charge in [0.25, 0.3) is 0 Å². The molecular weight excluding hydrogens is 172 g/mol. The molecule has 0 aromatic heterocycles. The van der Waals surface area contributed by atoms with Crippen molar-refractivity contribution in [3.05, 3.63) is 0 Å². The second-order valence-corrected chi connectivity index (χ2v) is 4.99. The Labute approximate surface area is 88.1 Å². The summed E-state index contributed by atoms with van der Waals surface area (Å²) in [6.07, 6.45) is 5.73. The topological polar surface area (TPSA) is 15.3 Å². The molecule has 1 N–H and O–H groups in total. The lowest BCUT2D eigenvalue weighted by atomic mass is 10.1. The predicted molar refractivity (Wildman–Crippen MR) is 60.5 cm³/mol. The molecule has 0 bridgehead atoms. The van der Waals surface area contributed by atoms with E-state index in [0.29, 0.717) is 0 Å². The number of hydrogen-bond donors (Lipinski definition) is 1. The molecule has 82 valence electrons. The van der Waals surface area contributed by atoms with Gasteiger partial charge in [-0.15, -0.1) is 0 Å². The minimum absolute atomic E-state index is 0.778. The molecule has 1 saturated heterocycles. The molecule has 2 heteroatoms. The fraction of sp³-hybridized carbons (Fsp3) is 1.00. The normalized spacial score (nSPS) is 30.9. The molecule has 1 heterocycles. The summed E-state index contributed by atoms with van der Waals surface area (Å²) in [6, 6.07) is 1.61. The molecule has 0 radical (unpaired) electrons. The van der Waals surface area contributed by atoms with Crippen molar-refractivity contribution in [2.24, 2.45) is 5.92 Å². The van der Waals surface area contributed by atoms with Crippen molar-refractivity contribution in [3.8, 4) is 0 Å². The van der Waals surface area contributed by atoms with E-state index in [2.05, 4.69) is 24.1 Å². The lowest BCUT2D eigenvalue weighted by Gasteiger charge is -2.27. The Bertz CT molecular complexity index is 177. The van der Waals surface area contributed by atoms with E-state index < -0.39 is 0 Å². The van der Waals surface area contributed by atoms with E-state index in [1.54, 1.807) is 0 Å². The van der Waals surface area contributed by atoms with Crippen LogP contribution >= 0.6 is 0 Å². The molecule has 2 aliphatic rings. The summed E-state index contributed by atoms with van der Waals surface area (Å²) in [5.41, 5.74) is 0. The van der Waals surface area contributed by atoms with Gasteiger partial charge in [0.05, 0.1) is 0 Å². The minimum atomic E-state index is 0.778. The molecule has 2 fully saturated rings. The number of nitrogens with one attached hydrogen (secondary N) is 1. The third-order valence-corrected chi connectivity index (χ3v) is 3.78. The van der Waals surface area contributed by atoms with Gasteiger partial charge in [0.1, 0.15) is 0 Å². The van der Waals surface area contributed by atoms with E-state index in [-0.39, 0.29) is 0 Å². The Balaban J connectivity index is 1.80. The number of likely N-dealkylation sites (tertiary alicyclic amines) is 1. The molecule has 2 nitrogen and oxygen atoms in total. The molecular formula is C12H24N2. The van der Waals surface area contributed by atoms with Crippen LogP contribution in [0.15, 0.2) is 0 Å². The van der Waals surface area contributed by atoms with E-state index in [1.165, 1.54) is 38.8 Å². The Morgan fingerprint density at radius 1 is 1.36 bits per heavy atom. The number of hydrogen-bond acceptors (Lipinski definition) is 2. The van der Waals surface area contributed by atoms with E-state index in [0.717, 1.165) is 24.5 Å². The first-order valence-electron chi connectivity index (χ1n) is 6.28. The fourth-order valence-corrected chi connectivity index (χ4v) is 2.66. The van der Waals surface area contributed by atoms with Crippen LogP contribution in [0.25, 0.3) is 0 Å². The van der Waals surface area contributed by atoms with Crippen molar-refractivity contribution in [2.45, 2.75) is 51.6 Å². The van der Waals surface area contributed by atoms with E-state index in [9.17, 15) is 0 Å². The summed E-state index contributed by atoms with van der Waals surface area (Å²) in [5, 5.41) is 3.65. The Morgan fingerprint density at radius 2 is 2.14 bits per heavy atom. The second kappa shape index (κ2) is 4.63. The predicted octanol–water partition coefficient (Wildman–Crippen LogP) is 1.86. The van der Waals surface area contributed by atoms with Crippen LogP contribution in [0.5, 0.6) is 0 Å². The molecule has 0 amide bonds. The van der Waals surface area contributed by atoms with Crippen LogP contribution in [0, 0.1) is 5.92 Å². The van der Waals surface area contributed by atoms with Gasteiger partial charge in [-0.2, -0.15) is 0 Å². The van der Waals surface area contributed by atoms with E-state index >= 15 is 0 Å². The van der Waals surface area contributed by atoms with Gasteiger partial charge in [-0.1, -0.05) is 6.92 Å². The SMILES string of the molecule is CCNC(CN1CCCC1C)C1CC1. The maximum atomic E-state index is 3.65. The summed E-state index contributed by atoms with van der Waals surface area (Å²) in [6.45, 7) is 8.35. The first kappa shape index (κ1) is 10.4. The zero-order valence-corrected chi connectivity index (χ0v) is 9.63. The third kappa shape index (κ3) is 2.48. The van der Waals surface area contributed by atoms with Gasteiger partial charge in [-0.25, -0.2) is 0 Å². The van der Waals surface area contributed by atoms with E-state index in [4.69, 9.17) is 0 Å². The van der Waals surface area contributed by atoms with Gasteiger partial charge in [-0.05, 0) is 51.6 Å². The molecule has 0 spiro atoms. The second-order valence-electron chi connectivity index (χ2n) is 4.99. The highest BCUT2D eigenvalue weighted by Crippen LogP contribution is 2.33. The first-order valence-corrected chi connectivity index (χ1v) is 6.28. The lowest BCUT2D eigenvalue weighted by molar-refractivity contribution is 0.227. The first-order chi connectivity index (χ1) is 6.81. The quantitative estimate of drug-likeness (QED) is 0.722. The fourth-order valence-electron chi connectivity index (χ4n) is 2.66. The van der Waals surface area contributed by atoms with Gasteiger partial charge in [-0.3, -0.25) is 4.90 Å². The van der Waals surface area contributed by atoms with Crippen LogP contribution in [-0.2, 0) is 0 Å². The third-order valence-electron chi connectivity index (χ3n) is 3.78. The molecule has 2 atom stereocenters. The van der Waals surface area contributed by atoms with Crippen LogP contribution in [0.4, 0.5) is 0 Å². The lowest BCUT2D eigenvalue weighted by Crippen LogP contribution is -2.43. The van der Waals surface area contributed by atoms with Crippen LogP contribution in [-0.4, -0.2) is 36.6 Å².